The normalized spacial score (nSPS) is 12.0. The van der Waals surface area contributed by atoms with Crippen LogP contribution in [0.3, 0.4) is 0 Å². The van der Waals surface area contributed by atoms with Gasteiger partial charge in [0.2, 0.25) is 5.91 Å². The first-order chi connectivity index (χ1) is 13.5. The molecule has 1 heterocycles. The maximum absolute atomic E-state index is 13.8. The molecule has 2 aromatic carbocycles. The lowest BCUT2D eigenvalue weighted by atomic mass is 10.0. The molecule has 0 aliphatic heterocycles. The third kappa shape index (κ3) is 4.57. The van der Waals surface area contributed by atoms with Crippen molar-refractivity contribution >= 4 is 22.8 Å². The smallest absolute Gasteiger partial charge is 0.307 e. The Hall–Kier alpha value is -3.15. The first-order valence-electron chi connectivity index (χ1n) is 9.19. The van der Waals surface area contributed by atoms with E-state index in [1.807, 2.05) is 30.3 Å². The second kappa shape index (κ2) is 8.69. The summed E-state index contributed by atoms with van der Waals surface area (Å²) in [6.45, 7) is 1.76. The molecule has 6 heteroatoms. The highest BCUT2D eigenvalue weighted by molar-refractivity contribution is 5.91. The van der Waals surface area contributed by atoms with E-state index in [1.165, 1.54) is 19.2 Å². The van der Waals surface area contributed by atoms with Gasteiger partial charge < -0.3 is 15.0 Å². The SMILES string of the molecule is COC(=O)CC(C)NC(=O)CCc1c(-c2ccccc2)[nH]c2ccc(F)cc12. The van der Waals surface area contributed by atoms with Gasteiger partial charge in [0, 0.05) is 29.1 Å². The number of carbonyl (C=O) groups excluding carboxylic acids is 2. The van der Waals surface area contributed by atoms with Crippen LogP contribution >= 0.6 is 0 Å². The minimum absolute atomic E-state index is 0.121. The third-order valence-corrected chi connectivity index (χ3v) is 4.64. The summed E-state index contributed by atoms with van der Waals surface area (Å²) in [5.41, 5.74) is 3.59. The number of esters is 1. The number of nitrogens with one attached hydrogen (secondary N) is 2. The van der Waals surface area contributed by atoms with Crippen LogP contribution in [0.5, 0.6) is 0 Å². The minimum atomic E-state index is -0.369. The summed E-state index contributed by atoms with van der Waals surface area (Å²) >= 11 is 0. The molecular weight excluding hydrogens is 359 g/mol. The molecule has 0 radical (unpaired) electrons. The van der Waals surface area contributed by atoms with Crippen molar-refractivity contribution in [1.29, 1.82) is 0 Å². The lowest BCUT2D eigenvalue weighted by Gasteiger charge is -2.13. The summed E-state index contributed by atoms with van der Waals surface area (Å²) in [7, 11) is 1.32. The Bertz CT molecular complexity index is 982. The van der Waals surface area contributed by atoms with Crippen molar-refractivity contribution in [3.63, 3.8) is 0 Å². The van der Waals surface area contributed by atoms with Crippen LogP contribution in [0.1, 0.15) is 25.3 Å². The first-order valence-corrected chi connectivity index (χ1v) is 9.19. The van der Waals surface area contributed by atoms with E-state index in [0.717, 1.165) is 27.7 Å². The van der Waals surface area contributed by atoms with Crippen molar-refractivity contribution in [3.8, 4) is 11.3 Å². The molecule has 0 saturated heterocycles. The van der Waals surface area contributed by atoms with Crippen LogP contribution in [0.15, 0.2) is 48.5 Å². The highest BCUT2D eigenvalue weighted by atomic mass is 19.1. The molecule has 0 aliphatic carbocycles. The van der Waals surface area contributed by atoms with Crippen LogP contribution in [0.25, 0.3) is 22.2 Å². The van der Waals surface area contributed by atoms with Gasteiger partial charge >= 0.3 is 5.97 Å². The van der Waals surface area contributed by atoms with Gasteiger partial charge in [0.05, 0.1) is 13.5 Å². The number of hydrogen-bond acceptors (Lipinski definition) is 3. The summed E-state index contributed by atoms with van der Waals surface area (Å²) < 4.78 is 18.4. The molecule has 1 aromatic heterocycles. The van der Waals surface area contributed by atoms with Crippen molar-refractivity contribution < 1.29 is 18.7 Å². The Balaban J connectivity index is 1.81. The predicted molar refractivity (Wildman–Crippen MR) is 106 cm³/mol. The first kappa shape index (κ1) is 19.6. The number of methoxy groups -OCH3 is 1. The fourth-order valence-corrected chi connectivity index (χ4v) is 3.30. The molecule has 0 aliphatic rings. The van der Waals surface area contributed by atoms with E-state index >= 15 is 0 Å². The maximum atomic E-state index is 13.8. The molecule has 1 unspecified atom stereocenters. The number of amides is 1. The molecule has 3 aromatic rings. The third-order valence-electron chi connectivity index (χ3n) is 4.64. The second-order valence-electron chi connectivity index (χ2n) is 6.78. The lowest BCUT2D eigenvalue weighted by molar-refractivity contribution is -0.141. The second-order valence-corrected chi connectivity index (χ2v) is 6.78. The van der Waals surface area contributed by atoms with Crippen LogP contribution < -0.4 is 5.32 Å². The predicted octanol–water partition coefficient (Wildman–Crippen LogP) is 3.97. The zero-order valence-electron chi connectivity index (χ0n) is 15.9. The Labute approximate surface area is 162 Å². The molecule has 28 heavy (non-hydrogen) atoms. The number of rotatable bonds is 7. The van der Waals surface area contributed by atoms with Crippen LogP contribution in [0, 0.1) is 5.82 Å². The van der Waals surface area contributed by atoms with Crippen LogP contribution in [-0.4, -0.2) is 30.0 Å². The Morgan fingerprint density at radius 3 is 2.64 bits per heavy atom. The van der Waals surface area contributed by atoms with Gasteiger partial charge in [0.15, 0.2) is 0 Å². The number of aromatic nitrogens is 1. The fraction of sp³-hybridized carbons (Fsp3) is 0.273. The molecule has 1 atom stereocenters. The molecule has 1 amide bonds. The standard InChI is InChI=1S/C22H23FN2O3/c1-14(12-21(27)28-2)24-20(26)11-9-17-18-13-16(23)8-10-19(18)25-22(17)15-6-4-3-5-7-15/h3-8,10,13-14,25H,9,11-12H2,1-2H3,(H,24,26). The van der Waals surface area contributed by atoms with Gasteiger partial charge in [-0.25, -0.2) is 4.39 Å². The lowest BCUT2D eigenvalue weighted by Crippen LogP contribution is -2.34. The van der Waals surface area contributed by atoms with Crippen molar-refractivity contribution in [2.24, 2.45) is 0 Å². The number of carbonyl (C=O) groups is 2. The minimum Gasteiger partial charge on any atom is -0.469 e. The monoisotopic (exact) mass is 382 g/mol. The van der Waals surface area contributed by atoms with Crippen molar-refractivity contribution in [2.75, 3.05) is 7.11 Å². The van der Waals surface area contributed by atoms with E-state index in [0.29, 0.717) is 6.42 Å². The molecule has 0 saturated carbocycles. The molecule has 0 fully saturated rings. The Morgan fingerprint density at radius 2 is 1.93 bits per heavy atom. The van der Waals surface area contributed by atoms with E-state index in [4.69, 9.17) is 0 Å². The van der Waals surface area contributed by atoms with Crippen molar-refractivity contribution in [2.45, 2.75) is 32.2 Å². The van der Waals surface area contributed by atoms with E-state index in [9.17, 15) is 14.0 Å². The molecular formula is C22H23FN2O3. The molecule has 0 bridgehead atoms. The van der Waals surface area contributed by atoms with Crippen molar-refractivity contribution in [3.05, 3.63) is 59.9 Å². The van der Waals surface area contributed by atoms with Gasteiger partial charge in [0.25, 0.3) is 0 Å². The average Bonchev–Trinajstić information content (AvgIpc) is 3.04. The van der Waals surface area contributed by atoms with E-state index in [-0.39, 0.29) is 36.6 Å². The average molecular weight is 382 g/mol. The molecule has 5 nitrogen and oxygen atoms in total. The zero-order chi connectivity index (χ0) is 20.1. The van der Waals surface area contributed by atoms with E-state index < -0.39 is 0 Å². The number of benzene rings is 2. The van der Waals surface area contributed by atoms with Gasteiger partial charge in [-0.15, -0.1) is 0 Å². The van der Waals surface area contributed by atoms with Gasteiger partial charge in [-0.1, -0.05) is 30.3 Å². The number of fused-ring (bicyclic) bond motifs is 1. The van der Waals surface area contributed by atoms with Gasteiger partial charge in [-0.3, -0.25) is 9.59 Å². The zero-order valence-corrected chi connectivity index (χ0v) is 15.9. The molecule has 0 spiro atoms. The fourth-order valence-electron chi connectivity index (χ4n) is 3.30. The highest BCUT2D eigenvalue weighted by Crippen LogP contribution is 2.31. The van der Waals surface area contributed by atoms with Gasteiger partial charge in [0.1, 0.15) is 5.82 Å². The number of aryl methyl sites for hydroxylation is 1. The summed E-state index contributed by atoms with van der Waals surface area (Å²) in [6.07, 6.45) is 0.801. The number of ether oxygens (including phenoxy) is 1. The van der Waals surface area contributed by atoms with Crippen molar-refractivity contribution in [1.82, 2.24) is 10.3 Å². The Morgan fingerprint density at radius 1 is 1.18 bits per heavy atom. The van der Waals surface area contributed by atoms with Crippen LogP contribution in [0.4, 0.5) is 4.39 Å². The topological polar surface area (TPSA) is 71.2 Å². The maximum Gasteiger partial charge on any atom is 0.307 e. The number of halogens is 1. The van der Waals surface area contributed by atoms with Crippen LogP contribution in [0.2, 0.25) is 0 Å². The number of aromatic amines is 1. The Kier molecular flexibility index (Phi) is 6.09. The highest BCUT2D eigenvalue weighted by Gasteiger charge is 2.17. The van der Waals surface area contributed by atoms with Crippen LogP contribution in [-0.2, 0) is 20.7 Å². The van der Waals surface area contributed by atoms with Gasteiger partial charge in [-0.2, -0.15) is 0 Å². The quantitative estimate of drug-likeness (QED) is 0.607. The summed E-state index contributed by atoms with van der Waals surface area (Å²) in [4.78, 5) is 27.0. The summed E-state index contributed by atoms with van der Waals surface area (Å²) in [5.74, 6) is -0.851. The van der Waals surface area contributed by atoms with Gasteiger partial charge in [-0.05, 0) is 42.7 Å². The molecule has 2 N–H and O–H groups in total. The van der Waals surface area contributed by atoms with E-state index in [1.54, 1.807) is 13.0 Å². The molecule has 146 valence electrons. The number of H-pyrrole nitrogens is 1. The largest absolute Gasteiger partial charge is 0.469 e. The number of hydrogen-bond donors (Lipinski definition) is 2. The summed E-state index contributed by atoms with van der Waals surface area (Å²) in [6, 6.07) is 14.1. The summed E-state index contributed by atoms with van der Waals surface area (Å²) in [5, 5.41) is 3.57. The molecule has 3 rings (SSSR count). The van der Waals surface area contributed by atoms with E-state index in [2.05, 4.69) is 15.0 Å².